The highest BCUT2D eigenvalue weighted by Crippen LogP contribution is 2.32. The minimum atomic E-state index is -4.49. The third kappa shape index (κ3) is 6.73. The highest BCUT2D eigenvalue weighted by atomic mass is 19.4. The van der Waals surface area contributed by atoms with Crippen LogP contribution in [0.15, 0.2) is 42.6 Å². The maximum atomic E-state index is 12.9. The minimum Gasteiger partial charge on any atom is -0.306 e. The molecule has 0 aliphatic carbocycles. The number of nitrogens with zero attached hydrogens (tertiary/aromatic N) is 2. The van der Waals surface area contributed by atoms with Crippen LogP contribution in [0, 0.1) is 0 Å². The second-order valence-corrected chi connectivity index (χ2v) is 6.03. The molecule has 0 spiro atoms. The number of amides is 1. The number of aryl methyl sites for hydroxylation is 1. The summed E-state index contributed by atoms with van der Waals surface area (Å²) in [5, 5.41) is 6.67. The van der Waals surface area contributed by atoms with Crippen molar-refractivity contribution in [3.8, 4) is 0 Å². The molecule has 0 unspecified atom stereocenters. The molecule has 0 saturated carbocycles. The van der Waals surface area contributed by atoms with E-state index in [9.17, 15) is 22.8 Å². The number of rotatable bonds is 8. The zero-order valence-corrected chi connectivity index (χ0v) is 14.8. The Bertz CT molecular complexity index is 826. The number of Topliss-reactive ketones (excluding diaryl/α,β-unsaturated/α-hetero) is 1. The Morgan fingerprint density at radius 2 is 1.93 bits per heavy atom. The molecule has 0 bridgehead atoms. The normalized spacial score (nSPS) is 11.7. The van der Waals surface area contributed by atoms with Gasteiger partial charge in [0.05, 0.1) is 5.56 Å². The minimum absolute atomic E-state index is 0.0869. The van der Waals surface area contributed by atoms with E-state index in [1.807, 2.05) is 0 Å². The summed E-state index contributed by atoms with van der Waals surface area (Å²) in [6.07, 6.45) is 1.42. The highest BCUT2D eigenvalue weighted by Gasteiger charge is 2.32. The third-order valence-electron chi connectivity index (χ3n) is 3.74. The molecule has 0 fully saturated rings. The van der Waals surface area contributed by atoms with Crippen molar-refractivity contribution in [3.05, 3.63) is 53.7 Å². The van der Waals surface area contributed by atoms with E-state index in [1.54, 1.807) is 23.9 Å². The van der Waals surface area contributed by atoms with Crippen molar-refractivity contribution in [3.63, 3.8) is 0 Å². The van der Waals surface area contributed by atoms with Crippen LogP contribution in [0.5, 0.6) is 0 Å². The molecule has 0 aliphatic heterocycles. The maximum absolute atomic E-state index is 12.9. The van der Waals surface area contributed by atoms with Crippen LogP contribution >= 0.6 is 0 Å². The molecule has 0 atom stereocenters. The summed E-state index contributed by atoms with van der Waals surface area (Å²) >= 11 is 0. The SMILES string of the molecule is CC(=O)CCCCn1ccc(NC(=O)/C=C/c2ccccc2C(F)(F)F)n1. The molecule has 8 heteroatoms. The number of nitrogens with one attached hydrogen (secondary N) is 1. The second kappa shape index (κ2) is 9.16. The van der Waals surface area contributed by atoms with Crippen LogP contribution in [0.1, 0.15) is 37.3 Å². The molecule has 1 amide bonds. The number of ketones is 1. The predicted molar refractivity (Wildman–Crippen MR) is 95.9 cm³/mol. The molecular weight excluding hydrogens is 359 g/mol. The molecule has 0 aliphatic rings. The smallest absolute Gasteiger partial charge is 0.306 e. The van der Waals surface area contributed by atoms with Crippen molar-refractivity contribution in [2.24, 2.45) is 0 Å². The average molecular weight is 379 g/mol. The summed E-state index contributed by atoms with van der Waals surface area (Å²) in [7, 11) is 0. The molecule has 1 aromatic carbocycles. The van der Waals surface area contributed by atoms with Gasteiger partial charge in [-0.25, -0.2) is 0 Å². The molecule has 1 heterocycles. The molecule has 5 nitrogen and oxygen atoms in total. The van der Waals surface area contributed by atoms with Gasteiger partial charge in [0, 0.05) is 31.3 Å². The lowest BCUT2D eigenvalue weighted by Gasteiger charge is -2.09. The summed E-state index contributed by atoms with van der Waals surface area (Å²) in [5.41, 5.74) is -0.889. The van der Waals surface area contributed by atoms with Crippen molar-refractivity contribution in [2.75, 3.05) is 5.32 Å². The molecular formula is C19H20F3N3O2. The topological polar surface area (TPSA) is 64.0 Å². The van der Waals surface area contributed by atoms with Crippen molar-refractivity contribution >= 4 is 23.6 Å². The largest absolute Gasteiger partial charge is 0.416 e. The van der Waals surface area contributed by atoms with Crippen LogP contribution in [0.2, 0.25) is 0 Å². The van der Waals surface area contributed by atoms with Gasteiger partial charge in [-0.2, -0.15) is 18.3 Å². The standard InChI is InChI=1S/C19H20F3N3O2/c1-14(26)6-4-5-12-25-13-11-17(24-25)23-18(27)10-9-15-7-2-3-8-16(15)19(20,21)22/h2-3,7-11,13H,4-6,12H2,1H3,(H,23,24,27)/b10-9+. The summed E-state index contributed by atoms with van der Waals surface area (Å²) in [5.74, 6) is -0.128. The van der Waals surface area contributed by atoms with Gasteiger partial charge in [0.15, 0.2) is 5.82 Å². The summed E-state index contributed by atoms with van der Waals surface area (Å²) in [6.45, 7) is 2.15. The van der Waals surface area contributed by atoms with Crippen molar-refractivity contribution in [2.45, 2.75) is 38.9 Å². The predicted octanol–water partition coefficient (Wildman–Crippen LogP) is 4.31. The maximum Gasteiger partial charge on any atom is 0.416 e. The zero-order valence-electron chi connectivity index (χ0n) is 14.8. The fourth-order valence-electron chi connectivity index (χ4n) is 2.43. The van der Waals surface area contributed by atoms with Gasteiger partial charge in [-0.1, -0.05) is 18.2 Å². The number of benzene rings is 1. The van der Waals surface area contributed by atoms with E-state index in [4.69, 9.17) is 0 Å². The Morgan fingerprint density at radius 1 is 1.19 bits per heavy atom. The lowest BCUT2D eigenvalue weighted by atomic mass is 10.1. The van der Waals surface area contributed by atoms with Crippen LogP contribution in [0.3, 0.4) is 0 Å². The Morgan fingerprint density at radius 3 is 2.63 bits per heavy atom. The number of carbonyl (C=O) groups excluding carboxylic acids is 2. The number of halogens is 3. The Hall–Kier alpha value is -2.90. The van der Waals surface area contributed by atoms with Gasteiger partial charge in [0.2, 0.25) is 5.91 Å². The first-order chi connectivity index (χ1) is 12.8. The molecule has 27 heavy (non-hydrogen) atoms. The number of carbonyl (C=O) groups is 2. The summed E-state index contributed by atoms with van der Waals surface area (Å²) in [4.78, 5) is 22.8. The van der Waals surface area contributed by atoms with E-state index in [-0.39, 0.29) is 11.3 Å². The lowest BCUT2D eigenvalue weighted by molar-refractivity contribution is -0.137. The van der Waals surface area contributed by atoms with Crippen LogP contribution in [-0.4, -0.2) is 21.5 Å². The van der Waals surface area contributed by atoms with Gasteiger partial charge in [-0.3, -0.25) is 9.48 Å². The second-order valence-electron chi connectivity index (χ2n) is 6.03. The van der Waals surface area contributed by atoms with E-state index < -0.39 is 17.6 Å². The van der Waals surface area contributed by atoms with Gasteiger partial charge in [0.1, 0.15) is 5.78 Å². The van der Waals surface area contributed by atoms with Gasteiger partial charge in [-0.05, 0) is 37.5 Å². The van der Waals surface area contributed by atoms with Crippen LogP contribution < -0.4 is 5.32 Å². The first-order valence-corrected chi connectivity index (χ1v) is 8.44. The average Bonchev–Trinajstić information content (AvgIpc) is 3.03. The van der Waals surface area contributed by atoms with Gasteiger partial charge >= 0.3 is 6.18 Å². The van der Waals surface area contributed by atoms with Crippen molar-refractivity contribution in [1.29, 1.82) is 0 Å². The molecule has 2 rings (SSSR count). The number of aromatic nitrogens is 2. The Kier molecular flexibility index (Phi) is 6.92. The quantitative estimate of drug-likeness (QED) is 0.549. The van der Waals surface area contributed by atoms with Crippen LogP contribution in [0.4, 0.5) is 19.0 Å². The molecule has 0 radical (unpaired) electrons. The number of hydrogen-bond acceptors (Lipinski definition) is 3. The molecule has 1 N–H and O–H groups in total. The first-order valence-electron chi connectivity index (χ1n) is 8.44. The van der Waals surface area contributed by atoms with Crippen LogP contribution in [0.25, 0.3) is 6.08 Å². The fraction of sp³-hybridized carbons (Fsp3) is 0.316. The number of anilines is 1. The van der Waals surface area contributed by atoms with Crippen molar-refractivity contribution in [1.82, 2.24) is 9.78 Å². The monoisotopic (exact) mass is 379 g/mol. The van der Waals surface area contributed by atoms with E-state index in [0.29, 0.717) is 18.8 Å². The Labute approximate surface area is 154 Å². The van der Waals surface area contributed by atoms with Crippen LogP contribution in [-0.2, 0) is 22.3 Å². The molecule has 144 valence electrons. The Balaban J connectivity index is 1.91. The van der Waals surface area contributed by atoms with Gasteiger partial charge < -0.3 is 10.1 Å². The lowest BCUT2D eigenvalue weighted by Crippen LogP contribution is -2.10. The van der Waals surface area contributed by atoms with E-state index in [0.717, 1.165) is 31.1 Å². The number of hydrogen-bond donors (Lipinski definition) is 1. The molecule has 1 aromatic heterocycles. The molecule has 0 saturated heterocycles. The number of unbranched alkanes of at least 4 members (excludes halogenated alkanes) is 1. The third-order valence-corrected chi connectivity index (χ3v) is 3.74. The fourth-order valence-corrected chi connectivity index (χ4v) is 2.43. The number of alkyl halides is 3. The van der Waals surface area contributed by atoms with E-state index in [1.165, 1.54) is 18.2 Å². The summed E-state index contributed by atoms with van der Waals surface area (Å²) < 4.78 is 40.4. The van der Waals surface area contributed by atoms with Gasteiger partial charge in [0.25, 0.3) is 0 Å². The highest BCUT2D eigenvalue weighted by molar-refractivity contribution is 6.01. The van der Waals surface area contributed by atoms with E-state index in [2.05, 4.69) is 10.4 Å². The zero-order chi connectivity index (χ0) is 19.9. The summed E-state index contributed by atoms with van der Waals surface area (Å²) in [6, 6.07) is 6.62. The van der Waals surface area contributed by atoms with Crippen molar-refractivity contribution < 1.29 is 22.8 Å². The first kappa shape index (κ1) is 20.4. The van der Waals surface area contributed by atoms with Gasteiger partial charge in [-0.15, -0.1) is 0 Å². The molecule has 2 aromatic rings. The van der Waals surface area contributed by atoms with E-state index >= 15 is 0 Å².